The van der Waals surface area contributed by atoms with Gasteiger partial charge in [0.25, 0.3) is 0 Å². The van der Waals surface area contributed by atoms with Gasteiger partial charge in [-0.1, -0.05) is 35.7 Å². The van der Waals surface area contributed by atoms with Gasteiger partial charge in [0, 0.05) is 17.2 Å². The average Bonchev–Trinajstić information content (AvgIpc) is 2.30. The Morgan fingerprint density at radius 1 is 1.06 bits per heavy atom. The molecular weight excluding hydrogens is 218 g/mol. The largest absolute Gasteiger partial charge is 0.207 e. The summed E-state index contributed by atoms with van der Waals surface area (Å²) in [5.41, 5.74) is 2.22. The molecule has 2 aromatic rings. The lowest BCUT2D eigenvalue weighted by Crippen LogP contribution is -1.92. The third-order valence-electron chi connectivity index (χ3n) is 2.55. The summed E-state index contributed by atoms with van der Waals surface area (Å²) in [4.78, 5) is 0. The molecule has 2 rings (SSSR count). The SMILES string of the molecule is C#Cc1cc(F)cc(F)c1-c1ccc(C)cc1. The van der Waals surface area contributed by atoms with Crippen LogP contribution in [0, 0.1) is 30.9 Å². The fraction of sp³-hybridized carbons (Fsp3) is 0.0667. The van der Waals surface area contributed by atoms with E-state index in [1.165, 1.54) is 0 Å². The van der Waals surface area contributed by atoms with E-state index in [-0.39, 0.29) is 11.1 Å². The fourth-order valence-corrected chi connectivity index (χ4v) is 1.70. The third-order valence-corrected chi connectivity index (χ3v) is 2.55. The van der Waals surface area contributed by atoms with Gasteiger partial charge in [-0.15, -0.1) is 6.42 Å². The molecule has 0 bridgehead atoms. The van der Waals surface area contributed by atoms with Crippen LogP contribution in [0.3, 0.4) is 0 Å². The minimum absolute atomic E-state index is 0.228. The van der Waals surface area contributed by atoms with E-state index < -0.39 is 11.6 Å². The highest BCUT2D eigenvalue weighted by atomic mass is 19.1. The molecule has 0 spiro atoms. The summed E-state index contributed by atoms with van der Waals surface area (Å²) in [5.74, 6) is 1.01. The molecule has 0 aliphatic carbocycles. The predicted molar refractivity (Wildman–Crippen MR) is 64.5 cm³/mol. The highest BCUT2D eigenvalue weighted by Gasteiger charge is 2.11. The van der Waals surface area contributed by atoms with Crippen LogP contribution in [0.4, 0.5) is 8.78 Å². The van der Waals surface area contributed by atoms with Crippen LogP contribution < -0.4 is 0 Å². The van der Waals surface area contributed by atoms with Crippen molar-refractivity contribution in [3.05, 3.63) is 59.2 Å². The van der Waals surface area contributed by atoms with Crippen molar-refractivity contribution in [2.45, 2.75) is 6.92 Å². The molecule has 0 radical (unpaired) electrons. The highest BCUT2D eigenvalue weighted by Crippen LogP contribution is 2.27. The molecule has 0 atom stereocenters. The molecular formula is C15H10F2. The van der Waals surface area contributed by atoms with E-state index in [4.69, 9.17) is 6.42 Å². The van der Waals surface area contributed by atoms with Crippen LogP contribution in [0.2, 0.25) is 0 Å². The predicted octanol–water partition coefficient (Wildman–Crippen LogP) is 3.92. The minimum atomic E-state index is -0.661. The van der Waals surface area contributed by atoms with Crippen LogP contribution in [0.25, 0.3) is 11.1 Å². The lowest BCUT2D eigenvalue weighted by atomic mass is 9.98. The summed E-state index contributed by atoms with van der Waals surface area (Å²) in [5, 5.41) is 0. The Morgan fingerprint density at radius 3 is 2.29 bits per heavy atom. The summed E-state index contributed by atoms with van der Waals surface area (Å²) in [6.07, 6.45) is 5.27. The summed E-state index contributed by atoms with van der Waals surface area (Å²) in [6.45, 7) is 1.94. The normalized spacial score (nSPS) is 10.0. The smallest absolute Gasteiger partial charge is 0.135 e. The van der Waals surface area contributed by atoms with E-state index in [1.807, 2.05) is 19.1 Å². The maximum atomic E-state index is 13.7. The van der Waals surface area contributed by atoms with Crippen LogP contribution in [0.1, 0.15) is 11.1 Å². The summed E-state index contributed by atoms with van der Waals surface area (Å²) in [6, 6.07) is 9.27. The second-order valence-electron chi connectivity index (χ2n) is 3.82. The molecule has 0 heterocycles. The van der Waals surface area contributed by atoms with Crippen LogP contribution in [0.15, 0.2) is 36.4 Å². The first-order valence-electron chi connectivity index (χ1n) is 5.14. The number of rotatable bonds is 1. The zero-order valence-corrected chi connectivity index (χ0v) is 9.30. The molecule has 0 fully saturated rings. The van der Waals surface area contributed by atoms with E-state index in [1.54, 1.807) is 12.1 Å². The number of terminal acetylenes is 1. The molecule has 2 heteroatoms. The van der Waals surface area contributed by atoms with E-state index in [9.17, 15) is 8.78 Å². The number of aryl methyl sites for hydroxylation is 1. The number of hydrogen-bond donors (Lipinski definition) is 0. The Hall–Kier alpha value is -2.14. The zero-order chi connectivity index (χ0) is 12.4. The van der Waals surface area contributed by atoms with E-state index in [0.29, 0.717) is 5.56 Å². The maximum Gasteiger partial charge on any atom is 0.135 e. The molecule has 0 aliphatic rings. The van der Waals surface area contributed by atoms with Gasteiger partial charge in [-0.25, -0.2) is 8.78 Å². The first-order valence-corrected chi connectivity index (χ1v) is 5.14. The van der Waals surface area contributed by atoms with Gasteiger partial charge in [0.15, 0.2) is 0 Å². The van der Waals surface area contributed by atoms with Gasteiger partial charge in [0.2, 0.25) is 0 Å². The summed E-state index contributed by atoms with van der Waals surface area (Å²) < 4.78 is 26.8. The lowest BCUT2D eigenvalue weighted by Gasteiger charge is -2.07. The Balaban J connectivity index is 2.67. The van der Waals surface area contributed by atoms with Crippen molar-refractivity contribution in [1.29, 1.82) is 0 Å². The van der Waals surface area contributed by atoms with Crippen LogP contribution in [-0.2, 0) is 0 Å². The first-order chi connectivity index (χ1) is 8.11. The van der Waals surface area contributed by atoms with Crippen molar-refractivity contribution in [3.8, 4) is 23.5 Å². The Morgan fingerprint density at radius 2 is 1.71 bits per heavy atom. The molecule has 0 nitrogen and oxygen atoms in total. The molecule has 0 unspecified atom stereocenters. The Labute approximate surface area is 98.9 Å². The van der Waals surface area contributed by atoms with Crippen molar-refractivity contribution in [2.24, 2.45) is 0 Å². The number of hydrogen-bond acceptors (Lipinski definition) is 0. The van der Waals surface area contributed by atoms with Crippen LogP contribution >= 0.6 is 0 Å². The first kappa shape index (κ1) is 11.3. The van der Waals surface area contributed by atoms with Crippen molar-refractivity contribution in [1.82, 2.24) is 0 Å². The molecule has 17 heavy (non-hydrogen) atoms. The summed E-state index contributed by atoms with van der Waals surface area (Å²) >= 11 is 0. The average molecular weight is 228 g/mol. The van der Waals surface area contributed by atoms with Crippen molar-refractivity contribution < 1.29 is 8.78 Å². The molecule has 0 aromatic heterocycles. The minimum Gasteiger partial charge on any atom is -0.207 e. The van der Waals surface area contributed by atoms with Crippen molar-refractivity contribution in [3.63, 3.8) is 0 Å². The van der Waals surface area contributed by atoms with Gasteiger partial charge in [-0.3, -0.25) is 0 Å². The lowest BCUT2D eigenvalue weighted by molar-refractivity contribution is 0.585. The zero-order valence-electron chi connectivity index (χ0n) is 9.30. The topological polar surface area (TPSA) is 0 Å². The molecule has 0 saturated heterocycles. The maximum absolute atomic E-state index is 13.7. The second-order valence-corrected chi connectivity index (χ2v) is 3.82. The highest BCUT2D eigenvalue weighted by molar-refractivity contribution is 5.71. The van der Waals surface area contributed by atoms with Crippen LogP contribution in [-0.4, -0.2) is 0 Å². The van der Waals surface area contributed by atoms with Crippen molar-refractivity contribution in [2.75, 3.05) is 0 Å². The molecule has 84 valence electrons. The van der Waals surface area contributed by atoms with Gasteiger partial charge < -0.3 is 0 Å². The number of halogens is 2. The van der Waals surface area contributed by atoms with Crippen LogP contribution in [0.5, 0.6) is 0 Å². The van der Waals surface area contributed by atoms with Crippen molar-refractivity contribution >= 4 is 0 Å². The molecule has 2 aromatic carbocycles. The fourth-order valence-electron chi connectivity index (χ4n) is 1.70. The second kappa shape index (κ2) is 4.39. The van der Waals surface area contributed by atoms with Gasteiger partial charge in [-0.2, -0.15) is 0 Å². The monoisotopic (exact) mass is 228 g/mol. The molecule has 0 N–H and O–H groups in total. The molecule has 0 aliphatic heterocycles. The standard InChI is InChI=1S/C15H10F2/c1-3-11-8-13(16)9-14(17)15(11)12-6-4-10(2)5-7-12/h1,4-9H,2H3. The van der Waals surface area contributed by atoms with Gasteiger partial charge in [-0.05, 0) is 18.6 Å². The Kier molecular flexibility index (Phi) is 2.93. The van der Waals surface area contributed by atoms with Gasteiger partial charge in [0.05, 0.1) is 0 Å². The van der Waals surface area contributed by atoms with Gasteiger partial charge >= 0.3 is 0 Å². The third kappa shape index (κ3) is 2.19. The van der Waals surface area contributed by atoms with E-state index in [2.05, 4.69) is 5.92 Å². The number of benzene rings is 2. The quantitative estimate of drug-likeness (QED) is 0.649. The summed E-state index contributed by atoms with van der Waals surface area (Å²) in [7, 11) is 0. The van der Waals surface area contributed by atoms with E-state index >= 15 is 0 Å². The van der Waals surface area contributed by atoms with Gasteiger partial charge in [0.1, 0.15) is 11.6 Å². The Bertz CT molecular complexity index is 590. The molecule has 0 amide bonds. The molecule has 0 saturated carbocycles. The van der Waals surface area contributed by atoms with E-state index in [0.717, 1.165) is 17.7 Å².